The van der Waals surface area contributed by atoms with Crippen molar-refractivity contribution >= 4 is 17.3 Å². The molecule has 1 unspecified atom stereocenters. The lowest BCUT2D eigenvalue weighted by atomic mass is 10.1. The average Bonchev–Trinajstić information content (AvgIpc) is 2.46. The lowest BCUT2D eigenvalue weighted by Gasteiger charge is -2.28. The molecule has 0 aromatic heterocycles. The fourth-order valence-electron chi connectivity index (χ4n) is 2.33. The molecule has 0 amide bonds. The maximum absolute atomic E-state index is 6.05. The Bertz CT molecular complexity index is 597. The molecular weight excluding hydrogens is 258 g/mol. The Balaban J connectivity index is 1.86. The van der Waals surface area contributed by atoms with Crippen LogP contribution in [0.1, 0.15) is 24.2 Å². The largest absolute Gasteiger partial charge is 0.482 e. The van der Waals surface area contributed by atoms with Gasteiger partial charge in [0.1, 0.15) is 11.9 Å². The van der Waals surface area contributed by atoms with Gasteiger partial charge in [-0.3, -0.25) is 0 Å². The second-order valence-electron chi connectivity index (χ2n) is 4.73. The minimum atomic E-state index is 0.0127. The van der Waals surface area contributed by atoms with Crippen LogP contribution in [0.3, 0.4) is 0 Å². The van der Waals surface area contributed by atoms with Gasteiger partial charge in [0.25, 0.3) is 0 Å². The number of aryl methyl sites for hydroxylation is 1. The number of ether oxygens (including phenoxy) is 1. The SMILES string of the molecule is CCc1ccc2c(c1)NCC(c1cccc(Cl)c1)O2. The molecule has 2 aromatic carbocycles. The summed E-state index contributed by atoms with van der Waals surface area (Å²) in [6.45, 7) is 2.92. The van der Waals surface area contributed by atoms with Crippen molar-refractivity contribution in [3.8, 4) is 5.75 Å². The first-order valence-corrected chi connectivity index (χ1v) is 6.93. The summed E-state index contributed by atoms with van der Waals surface area (Å²) in [5.41, 5.74) is 3.50. The normalized spacial score (nSPS) is 17.3. The van der Waals surface area contributed by atoms with Crippen LogP contribution in [-0.4, -0.2) is 6.54 Å². The Morgan fingerprint density at radius 2 is 2.16 bits per heavy atom. The minimum Gasteiger partial charge on any atom is -0.482 e. The molecular formula is C16H16ClNO. The molecule has 0 bridgehead atoms. The highest BCUT2D eigenvalue weighted by Crippen LogP contribution is 2.35. The quantitative estimate of drug-likeness (QED) is 0.873. The number of rotatable bonds is 2. The van der Waals surface area contributed by atoms with Gasteiger partial charge in [0, 0.05) is 5.02 Å². The maximum atomic E-state index is 6.05. The molecule has 1 aliphatic rings. The van der Waals surface area contributed by atoms with E-state index in [0.717, 1.165) is 35.0 Å². The highest BCUT2D eigenvalue weighted by molar-refractivity contribution is 6.30. The second kappa shape index (κ2) is 5.14. The molecule has 1 heterocycles. The van der Waals surface area contributed by atoms with Gasteiger partial charge in [0.15, 0.2) is 0 Å². The summed E-state index contributed by atoms with van der Waals surface area (Å²) in [7, 11) is 0. The monoisotopic (exact) mass is 273 g/mol. The summed E-state index contributed by atoms with van der Waals surface area (Å²) >= 11 is 6.03. The van der Waals surface area contributed by atoms with Crippen molar-refractivity contribution in [1.29, 1.82) is 0 Å². The van der Waals surface area contributed by atoms with Crippen molar-refractivity contribution < 1.29 is 4.74 Å². The van der Waals surface area contributed by atoms with Crippen LogP contribution in [0.2, 0.25) is 5.02 Å². The smallest absolute Gasteiger partial charge is 0.143 e. The van der Waals surface area contributed by atoms with Gasteiger partial charge < -0.3 is 10.1 Å². The molecule has 2 aromatic rings. The molecule has 0 saturated carbocycles. The van der Waals surface area contributed by atoms with Gasteiger partial charge in [-0.2, -0.15) is 0 Å². The topological polar surface area (TPSA) is 21.3 Å². The molecule has 0 spiro atoms. The average molecular weight is 274 g/mol. The highest BCUT2D eigenvalue weighted by atomic mass is 35.5. The second-order valence-corrected chi connectivity index (χ2v) is 5.16. The van der Waals surface area contributed by atoms with E-state index in [9.17, 15) is 0 Å². The third-order valence-electron chi connectivity index (χ3n) is 3.42. The zero-order chi connectivity index (χ0) is 13.2. The molecule has 2 nitrogen and oxygen atoms in total. The van der Waals surface area contributed by atoms with E-state index in [1.165, 1.54) is 5.56 Å². The van der Waals surface area contributed by atoms with E-state index in [1.54, 1.807) is 0 Å². The Kier molecular flexibility index (Phi) is 3.34. The van der Waals surface area contributed by atoms with E-state index in [1.807, 2.05) is 30.3 Å². The van der Waals surface area contributed by atoms with Crippen LogP contribution in [0, 0.1) is 0 Å². The molecule has 0 aliphatic carbocycles. The first-order valence-electron chi connectivity index (χ1n) is 6.55. The molecule has 0 fully saturated rings. The Morgan fingerprint density at radius 3 is 2.95 bits per heavy atom. The van der Waals surface area contributed by atoms with E-state index in [2.05, 4.69) is 24.4 Å². The minimum absolute atomic E-state index is 0.0127. The van der Waals surface area contributed by atoms with Crippen molar-refractivity contribution in [3.05, 3.63) is 58.6 Å². The van der Waals surface area contributed by atoms with Gasteiger partial charge in [0.2, 0.25) is 0 Å². The van der Waals surface area contributed by atoms with Crippen molar-refractivity contribution in [2.24, 2.45) is 0 Å². The van der Waals surface area contributed by atoms with Gasteiger partial charge in [-0.1, -0.05) is 36.7 Å². The number of fused-ring (bicyclic) bond motifs is 1. The predicted molar refractivity (Wildman–Crippen MR) is 79.1 cm³/mol. The molecule has 1 N–H and O–H groups in total. The van der Waals surface area contributed by atoms with Gasteiger partial charge in [-0.05, 0) is 41.8 Å². The molecule has 1 atom stereocenters. The molecule has 0 radical (unpaired) electrons. The molecule has 1 aliphatic heterocycles. The Hall–Kier alpha value is -1.67. The molecule has 3 heteroatoms. The standard InChI is InChI=1S/C16H16ClNO/c1-2-11-6-7-15-14(8-11)18-10-16(19-15)12-4-3-5-13(17)9-12/h3-9,16,18H,2,10H2,1H3. The van der Waals surface area contributed by atoms with E-state index < -0.39 is 0 Å². The third kappa shape index (κ3) is 2.54. The van der Waals surface area contributed by atoms with Crippen LogP contribution in [-0.2, 0) is 6.42 Å². The van der Waals surface area contributed by atoms with Crippen LogP contribution in [0.15, 0.2) is 42.5 Å². The van der Waals surface area contributed by atoms with Crippen LogP contribution in [0.25, 0.3) is 0 Å². The zero-order valence-corrected chi connectivity index (χ0v) is 11.6. The zero-order valence-electron chi connectivity index (χ0n) is 10.8. The third-order valence-corrected chi connectivity index (χ3v) is 3.65. The number of nitrogens with one attached hydrogen (secondary N) is 1. The summed E-state index contributed by atoms with van der Waals surface area (Å²) < 4.78 is 6.05. The Morgan fingerprint density at radius 1 is 1.26 bits per heavy atom. The summed E-state index contributed by atoms with van der Waals surface area (Å²) in [5.74, 6) is 0.911. The van der Waals surface area contributed by atoms with E-state index in [-0.39, 0.29) is 6.10 Å². The van der Waals surface area contributed by atoms with E-state index in [4.69, 9.17) is 16.3 Å². The predicted octanol–water partition coefficient (Wildman–Crippen LogP) is 4.45. The summed E-state index contributed by atoms with van der Waals surface area (Å²) in [6, 6.07) is 14.1. The van der Waals surface area contributed by atoms with Gasteiger partial charge >= 0.3 is 0 Å². The van der Waals surface area contributed by atoms with E-state index >= 15 is 0 Å². The van der Waals surface area contributed by atoms with Crippen LogP contribution >= 0.6 is 11.6 Å². The van der Waals surface area contributed by atoms with Gasteiger partial charge in [-0.25, -0.2) is 0 Å². The first-order chi connectivity index (χ1) is 9.26. The number of anilines is 1. The Labute approximate surface area is 118 Å². The maximum Gasteiger partial charge on any atom is 0.143 e. The molecule has 98 valence electrons. The van der Waals surface area contributed by atoms with Crippen molar-refractivity contribution in [2.75, 3.05) is 11.9 Å². The molecule has 3 rings (SSSR count). The first kappa shape index (κ1) is 12.4. The fraction of sp³-hybridized carbons (Fsp3) is 0.250. The molecule has 0 saturated heterocycles. The van der Waals surface area contributed by atoms with E-state index in [0.29, 0.717) is 0 Å². The van der Waals surface area contributed by atoms with Crippen molar-refractivity contribution in [1.82, 2.24) is 0 Å². The van der Waals surface area contributed by atoms with Crippen LogP contribution in [0.4, 0.5) is 5.69 Å². The summed E-state index contributed by atoms with van der Waals surface area (Å²) in [4.78, 5) is 0. The highest BCUT2D eigenvalue weighted by Gasteiger charge is 2.21. The lowest BCUT2D eigenvalue weighted by Crippen LogP contribution is -2.23. The van der Waals surface area contributed by atoms with Gasteiger partial charge in [-0.15, -0.1) is 0 Å². The number of halogens is 1. The van der Waals surface area contributed by atoms with Crippen LogP contribution in [0.5, 0.6) is 5.75 Å². The van der Waals surface area contributed by atoms with Crippen LogP contribution < -0.4 is 10.1 Å². The summed E-state index contributed by atoms with van der Waals surface area (Å²) in [6.07, 6.45) is 1.05. The number of hydrogen-bond donors (Lipinski definition) is 1. The fourth-order valence-corrected chi connectivity index (χ4v) is 2.53. The lowest BCUT2D eigenvalue weighted by molar-refractivity contribution is 0.210. The van der Waals surface area contributed by atoms with Crippen molar-refractivity contribution in [3.63, 3.8) is 0 Å². The number of benzene rings is 2. The summed E-state index contributed by atoms with van der Waals surface area (Å²) in [5, 5.41) is 4.18. The van der Waals surface area contributed by atoms with Crippen molar-refractivity contribution in [2.45, 2.75) is 19.4 Å². The number of hydrogen-bond acceptors (Lipinski definition) is 2. The van der Waals surface area contributed by atoms with Gasteiger partial charge in [0.05, 0.1) is 12.2 Å². The molecule has 19 heavy (non-hydrogen) atoms.